The van der Waals surface area contributed by atoms with Gasteiger partial charge >= 0.3 is 5.63 Å². The molecule has 166 valence electrons. The number of fused-ring (bicyclic) bond motifs is 4. The Morgan fingerprint density at radius 2 is 1.73 bits per heavy atom. The zero-order valence-corrected chi connectivity index (χ0v) is 18.0. The van der Waals surface area contributed by atoms with Crippen LogP contribution in [0.2, 0.25) is 0 Å². The molecule has 0 unspecified atom stereocenters. The minimum Gasteiger partial charge on any atom is -0.497 e. The lowest BCUT2D eigenvalue weighted by molar-refractivity contribution is 0.0889. The molecule has 2 aliphatic heterocycles. The lowest BCUT2D eigenvalue weighted by Gasteiger charge is -2.29. The van der Waals surface area contributed by atoms with Gasteiger partial charge in [0.2, 0.25) is 6.79 Å². The number of rotatable bonds is 4. The molecule has 0 amide bonds. The van der Waals surface area contributed by atoms with Crippen molar-refractivity contribution in [2.75, 3.05) is 20.6 Å². The Morgan fingerprint density at radius 1 is 0.909 bits per heavy atom. The molecule has 4 aromatic rings. The summed E-state index contributed by atoms with van der Waals surface area (Å²) in [6, 6.07) is 19.0. The fourth-order valence-electron chi connectivity index (χ4n) is 4.31. The fraction of sp³-hybridized carbons (Fsp3) is 0.192. The maximum Gasteiger partial charge on any atom is 0.344 e. The average molecular weight is 443 g/mol. The van der Waals surface area contributed by atoms with E-state index in [2.05, 4.69) is 4.90 Å². The van der Waals surface area contributed by atoms with E-state index in [1.54, 1.807) is 7.11 Å². The van der Waals surface area contributed by atoms with Crippen LogP contribution in [0.3, 0.4) is 0 Å². The van der Waals surface area contributed by atoms with Crippen molar-refractivity contribution in [2.45, 2.75) is 13.1 Å². The molecule has 0 fully saturated rings. The largest absolute Gasteiger partial charge is 0.497 e. The molecule has 0 saturated carbocycles. The summed E-state index contributed by atoms with van der Waals surface area (Å²) in [6.45, 7) is 1.97. The Morgan fingerprint density at radius 3 is 2.58 bits per heavy atom. The minimum atomic E-state index is -0.381. The molecule has 7 heteroatoms. The lowest BCUT2D eigenvalue weighted by Crippen LogP contribution is -2.31. The number of benzene rings is 3. The normalized spacial score (nSPS) is 14.7. The Bertz CT molecular complexity index is 1410. The number of hydrogen-bond donors (Lipinski definition) is 0. The summed E-state index contributed by atoms with van der Waals surface area (Å²) in [7, 11) is 1.61. The first-order valence-electron chi connectivity index (χ1n) is 10.7. The maximum atomic E-state index is 12.9. The number of methoxy groups -OCH3 is 1. The van der Waals surface area contributed by atoms with Crippen molar-refractivity contribution in [3.8, 4) is 34.1 Å². The van der Waals surface area contributed by atoms with Crippen LogP contribution in [0.4, 0.5) is 0 Å². The Balaban J connectivity index is 1.32. The highest BCUT2D eigenvalue weighted by molar-refractivity contribution is 5.86. The Hall–Kier alpha value is -3.97. The van der Waals surface area contributed by atoms with Gasteiger partial charge in [-0.05, 0) is 53.6 Å². The molecule has 3 aromatic carbocycles. The molecule has 1 aromatic heterocycles. The van der Waals surface area contributed by atoms with Gasteiger partial charge in [0.1, 0.15) is 23.8 Å². The highest BCUT2D eigenvalue weighted by Crippen LogP contribution is 2.36. The van der Waals surface area contributed by atoms with Crippen LogP contribution in [0.15, 0.2) is 69.9 Å². The number of hydrogen-bond acceptors (Lipinski definition) is 7. The molecule has 0 aliphatic carbocycles. The van der Waals surface area contributed by atoms with E-state index >= 15 is 0 Å². The second-order valence-electron chi connectivity index (χ2n) is 8.08. The summed E-state index contributed by atoms with van der Waals surface area (Å²) < 4.78 is 27.9. The molecule has 0 bridgehead atoms. The van der Waals surface area contributed by atoms with Crippen molar-refractivity contribution < 1.29 is 23.4 Å². The van der Waals surface area contributed by atoms with Crippen molar-refractivity contribution >= 4 is 11.0 Å². The predicted molar refractivity (Wildman–Crippen MR) is 122 cm³/mol. The third-order valence-corrected chi connectivity index (χ3v) is 5.99. The second kappa shape index (κ2) is 7.86. The summed E-state index contributed by atoms with van der Waals surface area (Å²) in [6.07, 6.45) is 0. The first-order valence-corrected chi connectivity index (χ1v) is 10.7. The number of ether oxygens (including phenoxy) is 4. The first kappa shape index (κ1) is 19.7. The van der Waals surface area contributed by atoms with E-state index in [4.69, 9.17) is 23.4 Å². The summed E-state index contributed by atoms with van der Waals surface area (Å²) in [5, 5.41) is 0.854. The molecular weight excluding hydrogens is 422 g/mol. The fourth-order valence-corrected chi connectivity index (χ4v) is 4.31. The molecule has 6 rings (SSSR count). The van der Waals surface area contributed by atoms with Crippen LogP contribution in [-0.4, -0.2) is 25.5 Å². The van der Waals surface area contributed by atoms with Gasteiger partial charge in [0.15, 0.2) is 11.5 Å². The topological polar surface area (TPSA) is 70.4 Å². The van der Waals surface area contributed by atoms with E-state index in [0.717, 1.165) is 45.1 Å². The van der Waals surface area contributed by atoms with Gasteiger partial charge in [-0.25, -0.2) is 4.79 Å². The van der Waals surface area contributed by atoms with E-state index in [0.29, 0.717) is 31.0 Å². The molecule has 0 N–H and O–H groups in total. The molecule has 0 atom stereocenters. The monoisotopic (exact) mass is 443 g/mol. The maximum absolute atomic E-state index is 12.9. The number of nitrogens with zero attached hydrogens (tertiary/aromatic N) is 1. The minimum absolute atomic E-state index is 0.253. The van der Waals surface area contributed by atoms with Crippen LogP contribution < -0.4 is 24.6 Å². The first-order chi connectivity index (χ1) is 16.2. The van der Waals surface area contributed by atoms with Crippen LogP contribution in [0.5, 0.6) is 23.0 Å². The van der Waals surface area contributed by atoms with Crippen LogP contribution in [0.1, 0.15) is 11.1 Å². The van der Waals surface area contributed by atoms with Crippen molar-refractivity contribution in [3.63, 3.8) is 0 Å². The van der Waals surface area contributed by atoms with Gasteiger partial charge in [-0.15, -0.1) is 0 Å². The summed E-state index contributed by atoms with van der Waals surface area (Å²) in [5.41, 5.74) is 3.44. The van der Waals surface area contributed by atoms with Crippen molar-refractivity contribution in [1.82, 2.24) is 4.90 Å². The SMILES string of the molecule is COc1ccc(-c2cc3ccc4c(c3oc2=O)CN(Cc2ccc3c(c2)OCO3)CO4)cc1. The highest BCUT2D eigenvalue weighted by atomic mass is 16.7. The van der Waals surface area contributed by atoms with E-state index in [1.165, 1.54) is 0 Å². The van der Waals surface area contributed by atoms with Gasteiger partial charge < -0.3 is 23.4 Å². The average Bonchev–Trinajstić information content (AvgIpc) is 3.32. The van der Waals surface area contributed by atoms with E-state index in [1.807, 2.05) is 60.7 Å². The molecule has 7 nitrogen and oxygen atoms in total. The molecule has 33 heavy (non-hydrogen) atoms. The third kappa shape index (κ3) is 3.56. The van der Waals surface area contributed by atoms with Crippen molar-refractivity contribution in [2.24, 2.45) is 0 Å². The lowest BCUT2D eigenvalue weighted by atomic mass is 10.0. The van der Waals surface area contributed by atoms with E-state index < -0.39 is 0 Å². The zero-order valence-electron chi connectivity index (χ0n) is 18.0. The zero-order chi connectivity index (χ0) is 22.4. The van der Waals surface area contributed by atoms with Gasteiger partial charge in [0.05, 0.1) is 18.2 Å². The highest BCUT2D eigenvalue weighted by Gasteiger charge is 2.23. The molecule has 0 spiro atoms. The Labute approximate surface area is 189 Å². The molecular formula is C26H21NO6. The van der Waals surface area contributed by atoms with Gasteiger partial charge in [0, 0.05) is 18.5 Å². The van der Waals surface area contributed by atoms with Crippen LogP contribution in [0, 0.1) is 0 Å². The van der Waals surface area contributed by atoms with Gasteiger partial charge in [-0.1, -0.05) is 18.2 Å². The van der Waals surface area contributed by atoms with Crippen LogP contribution >= 0.6 is 0 Å². The standard InChI is InChI=1S/C26H21NO6/c1-29-19-6-3-17(4-7-19)20-11-18-5-9-22-21(25(18)33-26(20)28)13-27(14-30-22)12-16-2-8-23-24(10-16)32-15-31-23/h2-11H,12-15H2,1H3. The van der Waals surface area contributed by atoms with Crippen LogP contribution in [0.25, 0.3) is 22.1 Å². The van der Waals surface area contributed by atoms with Gasteiger partial charge in [-0.2, -0.15) is 0 Å². The Kier molecular flexibility index (Phi) is 4.69. The summed E-state index contributed by atoms with van der Waals surface area (Å²) in [4.78, 5) is 15.0. The molecule has 0 radical (unpaired) electrons. The summed E-state index contributed by atoms with van der Waals surface area (Å²) >= 11 is 0. The smallest absolute Gasteiger partial charge is 0.344 e. The third-order valence-electron chi connectivity index (χ3n) is 5.99. The van der Waals surface area contributed by atoms with E-state index in [9.17, 15) is 4.79 Å². The van der Waals surface area contributed by atoms with E-state index in [-0.39, 0.29) is 12.4 Å². The molecule has 3 heterocycles. The molecule has 2 aliphatic rings. The summed E-state index contributed by atoms with van der Waals surface area (Å²) in [5.74, 6) is 3.00. The quantitative estimate of drug-likeness (QED) is 0.429. The predicted octanol–water partition coefficient (Wildman–Crippen LogP) is 4.55. The van der Waals surface area contributed by atoms with Crippen LogP contribution in [-0.2, 0) is 13.1 Å². The second-order valence-corrected chi connectivity index (χ2v) is 8.08. The molecule has 0 saturated heterocycles. The van der Waals surface area contributed by atoms with Gasteiger partial charge in [-0.3, -0.25) is 4.90 Å². The van der Waals surface area contributed by atoms with Gasteiger partial charge in [0.25, 0.3) is 0 Å². The van der Waals surface area contributed by atoms with Crippen molar-refractivity contribution in [1.29, 1.82) is 0 Å². The van der Waals surface area contributed by atoms with Crippen molar-refractivity contribution in [3.05, 3.63) is 82.2 Å².